The van der Waals surface area contributed by atoms with Crippen LogP contribution in [0.4, 0.5) is 13.2 Å². The van der Waals surface area contributed by atoms with Crippen LogP contribution < -0.4 is 4.74 Å². The first-order valence-corrected chi connectivity index (χ1v) is 10.5. The Balaban J connectivity index is 0.000000553. The van der Waals surface area contributed by atoms with Gasteiger partial charge in [0.25, 0.3) is 0 Å². The molecule has 2 rings (SSSR count). The van der Waals surface area contributed by atoms with Crippen LogP contribution in [-0.4, -0.2) is 91.0 Å². The van der Waals surface area contributed by atoms with Gasteiger partial charge in [0.05, 0.1) is 6.26 Å². The highest BCUT2D eigenvalue weighted by molar-refractivity contribution is 7.88. The fourth-order valence-corrected chi connectivity index (χ4v) is 3.90. The maximum Gasteiger partial charge on any atom is 0.490 e. The number of ether oxygens (including phenoxy) is 1. The average molecular weight is 456 g/mol. The van der Waals surface area contributed by atoms with E-state index in [1.165, 1.54) is 16.6 Å². The summed E-state index contributed by atoms with van der Waals surface area (Å²) < 4.78 is 62.1. The zero-order valence-electron chi connectivity index (χ0n) is 16.3. The van der Waals surface area contributed by atoms with E-state index in [2.05, 4.69) is 4.90 Å². The second kappa shape index (κ2) is 10.6. The van der Waals surface area contributed by atoms with Crippen molar-refractivity contribution in [3.63, 3.8) is 0 Å². The molecule has 30 heavy (non-hydrogen) atoms. The van der Waals surface area contributed by atoms with E-state index >= 15 is 0 Å². The van der Waals surface area contributed by atoms with Gasteiger partial charge in [-0.3, -0.25) is 4.90 Å². The van der Waals surface area contributed by atoms with Crippen molar-refractivity contribution in [2.75, 3.05) is 39.0 Å². The molecule has 1 saturated heterocycles. The van der Waals surface area contributed by atoms with Gasteiger partial charge in [-0.25, -0.2) is 18.0 Å². The number of aromatic carboxylic acids is 1. The summed E-state index contributed by atoms with van der Waals surface area (Å²) in [5, 5.41) is 16.2. The molecule has 0 aromatic heterocycles. The molecule has 1 heterocycles. The van der Waals surface area contributed by atoms with E-state index in [9.17, 15) is 26.4 Å². The number of alkyl halides is 3. The molecule has 1 atom stereocenters. The number of carboxylic acids is 2. The number of para-hydroxylation sites is 1. The molecule has 9 nitrogen and oxygen atoms in total. The Bertz CT molecular complexity index is 846. The van der Waals surface area contributed by atoms with E-state index in [1.807, 2.05) is 6.92 Å². The van der Waals surface area contributed by atoms with Crippen molar-refractivity contribution in [2.45, 2.75) is 19.1 Å². The molecule has 0 radical (unpaired) electrons. The van der Waals surface area contributed by atoms with E-state index in [0.29, 0.717) is 38.5 Å². The van der Waals surface area contributed by atoms with Crippen LogP contribution in [0.5, 0.6) is 5.75 Å². The third-order valence-electron chi connectivity index (χ3n) is 4.10. The third kappa shape index (κ3) is 8.16. The largest absolute Gasteiger partial charge is 0.491 e. The van der Waals surface area contributed by atoms with Crippen molar-refractivity contribution in [1.82, 2.24) is 9.21 Å². The fourth-order valence-electron chi connectivity index (χ4n) is 2.77. The molecule has 170 valence electrons. The number of aliphatic carboxylic acids is 1. The minimum atomic E-state index is -5.08. The monoisotopic (exact) mass is 456 g/mol. The lowest BCUT2D eigenvalue weighted by Gasteiger charge is -2.38. The maximum absolute atomic E-state index is 11.6. The molecule has 13 heteroatoms. The highest BCUT2D eigenvalue weighted by Crippen LogP contribution is 2.18. The van der Waals surface area contributed by atoms with Crippen LogP contribution in [0.3, 0.4) is 0 Å². The van der Waals surface area contributed by atoms with Crippen molar-refractivity contribution in [3.8, 4) is 5.75 Å². The summed E-state index contributed by atoms with van der Waals surface area (Å²) in [6, 6.07) is 6.44. The normalized spacial score (nSPS) is 18.2. The van der Waals surface area contributed by atoms with Crippen LogP contribution in [-0.2, 0) is 14.8 Å². The summed E-state index contributed by atoms with van der Waals surface area (Å²) in [5.74, 6) is -3.42. The van der Waals surface area contributed by atoms with Crippen molar-refractivity contribution in [3.05, 3.63) is 29.8 Å². The highest BCUT2D eigenvalue weighted by Gasteiger charge is 2.38. The van der Waals surface area contributed by atoms with Crippen LogP contribution in [0, 0.1) is 0 Å². The smallest absolute Gasteiger partial charge is 0.490 e. The summed E-state index contributed by atoms with van der Waals surface area (Å²) in [7, 11) is -3.17. The molecule has 0 amide bonds. The molecular formula is C17H23F3N2O7S. The standard InChI is InChI=1S/C15H22N2O5S.C2HF3O2/c1-12-11-16(7-8-17(12)23(2,20)21)9-10-22-14-6-4-3-5-13(14)15(18)19;3-2(4,5)1(6)7/h3-6,12H,7-11H2,1-2H3,(H,18,19);(H,6,7)/t12-;/m1./s1. The quantitative estimate of drug-likeness (QED) is 0.658. The summed E-state index contributed by atoms with van der Waals surface area (Å²) in [5.41, 5.74) is 0.141. The molecule has 2 N–H and O–H groups in total. The molecule has 0 bridgehead atoms. The second-order valence-electron chi connectivity index (χ2n) is 6.48. The SMILES string of the molecule is C[C@@H]1CN(CCOc2ccccc2C(=O)O)CCN1S(C)(=O)=O.O=C(O)C(F)(F)F. The molecule has 1 aliphatic rings. The third-order valence-corrected chi connectivity index (χ3v) is 5.50. The van der Waals surface area contributed by atoms with E-state index in [4.69, 9.17) is 19.7 Å². The molecular weight excluding hydrogens is 433 g/mol. The first-order valence-electron chi connectivity index (χ1n) is 8.68. The van der Waals surface area contributed by atoms with Crippen molar-refractivity contribution >= 4 is 22.0 Å². The first-order chi connectivity index (χ1) is 13.7. The lowest BCUT2D eigenvalue weighted by Crippen LogP contribution is -2.54. The van der Waals surface area contributed by atoms with Gasteiger partial charge in [0.1, 0.15) is 17.9 Å². The highest BCUT2D eigenvalue weighted by atomic mass is 32.2. The Labute approximate surface area is 171 Å². The number of carboxylic acid groups (broad SMARTS) is 2. The first kappa shape index (κ1) is 25.7. The Hall–Kier alpha value is -2.38. The summed E-state index contributed by atoms with van der Waals surface area (Å²) in [6.45, 7) is 4.60. The number of benzene rings is 1. The van der Waals surface area contributed by atoms with Gasteiger partial charge in [-0.2, -0.15) is 17.5 Å². The minimum absolute atomic E-state index is 0.0787. The number of hydrogen-bond acceptors (Lipinski definition) is 6. The number of piperazine rings is 1. The maximum atomic E-state index is 11.6. The van der Waals surface area contributed by atoms with E-state index < -0.39 is 28.1 Å². The zero-order valence-corrected chi connectivity index (χ0v) is 17.1. The van der Waals surface area contributed by atoms with Crippen LogP contribution >= 0.6 is 0 Å². The zero-order chi connectivity index (χ0) is 23.1. The van der Waals surface area contributed by atoms with Gasteiger partial charge in [0.15, 0.2) is 0 Å². The molecule has 1 aromatic rings. The lowest BCUT2D eigenvalue weighted by atomic mass is 10.2. The number of rotatable bonds is 6. The molecule has 0 aliphatic carbocycles. The van der Waals surface area contributed by atoms with Gasteiger partial charge in [0.2, 0.25) is 10.0 Å². The number of hydrogen-bond donors (Lipinski definition) is 2. The predicted molar refractivity (Wildman–Crippen MR) is 100 cm³/mol. The van der Waals surface area contributed by atoms with Crippen LogP contribution in [0.1, 0.15) is 17.3 Å². The van der Waals surface area contributed by atoms with Gasteiger partial charge < -0.3 is 14.9 Å². The summed E-state index contributed by atoms with van der Waals surface area (Å²) in [4.78, 5) is 22.1. The van der Waals surface area contributed by atoms with Gasteiger partial charge in [-0.1, -0.05) is 12.1 Å². The fraction of sp³-hybridized carbons (Fsp3) is 0.529. The number of carbonyl (C=O) groups is 2. The molecule has 1 aliphatic heterocycles. The van der Waals surface area contributed by atoms with Gasteiger partial charge >= 0.3 is 18.1 Å². The van der Waals surface area contributed by atoms with Gasteiger partial charge in [-0.05, 0) is 19.1 Å². The summed E-state index contributed by atoms with van der Waals surface area (Å²) >= 11 is 0. The van der Waals surface area contributed by atoms with E-state index in [0.717, 1.165) is 0 Å². The van der Waals surface area contributed by atoms with Crippen LogP contribution in [0.15, 0.2) is 24.3 Å². The second-order valence-corrected chi connectivity index (χ2v) is 8.41. The Morgan fingerprint density at radius 1 is 1.20 bits per heavy atom. The number of nitrogens with zero attached hydrogens (tertiary/aromatic N) is 2. The lowest BCUT2D eigenvalue weighted by molar-refractivity contribution is -0.192. The number of halogens is 3. The Kier molecular flexibility index (Phi) is 9.06. The average Bonchev–Trinajstić information content (AvgIpc) is 2.60. The van der Waals surface area contributed by atoms with Gasteiger partial charge in [-0.15, -0.1) is 0 Å². The van der Waals surface area contributed by atoms with Crippen LogP contribution in [0.25, 0.3) is 0 Å². The molecule has 0 unspecified atom stereocenters. The topological polar surface area (TPSA) is 124 Å². The minimum Gasteiger partial charge on any atom is -0.491 e. The molecule has 0 saturated carbocycles. The molecule has 1 fully saturated rings. The Morgan fingerprint density at radius 2 is 1.77 bits per heavy atom. The van der Waals surface area contributed by atoms with Gasteiger partial charge in [0, 0.05) is 32.2 Å². The van der Waals surface area contributed by atoms with Crippen molar-refractivity contribution in [2.24, 2.45) is 0 Å². The van der Waals surface area contributed by atoms with E-state index in [1.54, 1.807) is 18.2 Å². The predicted octanol–water partition coefficient (Wildman–Crippen LogP) is 1.36. The number of sulfonamides is 1. The summed E-state index contributed by atoms with van der Waals surface area (Å²) in [6.07, 6.45) is -3.86. The van der Waals surface area contributed by atoms with E-state index in [-0.39, 0.29) is 11.6 Å². The Morgan fingerprint density at radius 3 is 2.23 bits per heavy atom. The van der Waals surface area contributed by atoms with Crippen molar-refractivity contribution < 1.29 is 46.1 Å². The molecule has 1 aromatic carbocycles. The van der Waals surface area contributed by atoms with Crippen LogP contribution in [0.2, 0.25) is 0 Å². The van der Waals surface area contributed by atoms with Crippen molar-refractivity contribution in [1.29, 1.82) is 0 Å². The molecule has 0 spiro atoms.